The smallest absolute Gasteiger partial charge is 0.255 e. The first-order valence-electron chi connectivity index (χ1n) is 11.3. The van der Waals surface area contributed by atoms with Crippen LogP contribution in [0.25, 0.3) is 6.08 Å². The molecule has 1 heterocycles. The molecule has 32 heavy (non-hydrogen) atoms. The molecule has 4 nitrogen and oxygen atoms in total. The van der Waals surface area contributed by atoms with Crippen LogP contribution in [0.4, 0.5) is 5.69 Å². The van der Waals surface area contributed by atoms with E-state index in [4.69, 9.17) is 27.9 Å². The van der Waals surface area contributed by atoms with E-state index in [0.29, 0.717) is 21.4 Å². The van der Waals surface area contributed by atoms with Gasteiger partial charge in [-0.1, -0.05) is 35.3 Å². The number of nitrogens with one attached hydrogen (secondary N) is 1. The molecule has 1 aliphatic heterocycles. The van der Waals surface area contributed by atoms with Crippen molar-refractivity contribution >= 4 is 40.9 Å². The van der Waals surface area contributed by atoms with E-state index in [1.165, 1.54) is 31.2 Å². The monoisotopic (exact) mass is 471 g/mol. The van der Waals surface area contributed by atoms with Crippen molar-refractivity contribution in [3.8, 4) is 5.75 Å². The van der Waals surface area contributed by atoms with Gasteiger partial charge >= 0.3 is 0 Å². The number of ether oxygens (including phenoxy) is 1. The Morgan fingerprint density at radius 1 is 1.12 bits per heavy atom. The Morgan fingerprint density at radius 3 is 2.59 bits per heavy atom. The topological polar surface area (TPSA) is 38.3 Å². The van der Waals surface area contributed by atoms with Crippen molar-refractivity contribution < 1.29 is 14.0 Å². The molecular weight excluding hydrogens is 443 g/mol. The normalized spacial score (nSPS) is 24.0. The van der Waals surface area contributed by atoms with Crippen molar-refractivity contribution in [3.63, 3.8) is 0 Å². The van der Waals surface area contributed by atoms with Gasteiger partial charge in [0.1, 0.15) is 18.9 Å². The molecule has 2 fully saturated rings. The van der Waals surface area contributed by atoms with Crippen LogP contribution < -0.4 is 10.1 Å². The Kier molecular flexibility index (Phi) is 5.73. The minimum Gasteiger partial charge on any atom is -0.486 e. The summed E-state index contributed by atoms with van der Waals surface area (Å²) in [6, 6.07) is 12.4. The molecule has 5 rings (SSSR count). The number of rotatable bonds is 5. The molecule has 0 saturated heterocycles. The van der Waals surface area contributed by atoms with Gasteiger partial charge in [0.25, 0.3) is 5.91 Å². The van der Waals surface area contributed by atoms with Gasteiger partial charge in [-0.3, -0.25) is 4.79 Å². The lowest BCUT2D eigenvalue weighted by atomic mass is 9.92. The molecule has 2 aliphatic carbocycles. The number of fused-ring (bicyclic) bond motifs is 3. The number of quaternary nitrogens is 1. The van der Waals surface area contributed by atoms with Crippen LogP contribution in [-0.2, 0) is 11.3 Å². The van der Waals surface area contributed by atoms with Crippen LogP contribution >= 0.6 is 23.2 Å². The Hall–Kier alpha value is -2.01. The summed E-state index contributed by atoms with van der Waals surface area (Å²) in [6.45, 7) is 1.19. The Balaban J connectivity index is 1.24. The first kappa shape index (κ1) is 21.8. The van der Waals surface area contributed by atoms with Gasteiger partial charge in [-0.25, -0.2) is 0 Å². The maximum absolute atomic E-state index is 12.8. The molecule has 3 atom stereocenters. The van der Waals surface area contributed by atoms with Crippen molar-refractivity contribution in [1.29, 1.82) is 0 Å². The van der Waals surface area contributed by atoms with Gasteiger partial charge in [0.05, 0.1) is 30.7 Å². The number of carbonyl (C=O) groups is 1. The molecule has 2 aromatic carbocycles. The molecule has 168 valence electrons. The molecule has 2 saturated carbocycles. The summed E-state index contributed by atoms with van der Waals surface area (Å²) in [6.07, 6.45) is 7.44. The predicted molar refractivity (Wildman–Crippen MR) is 130 cm³/mol. The molecule has 3 unspecified atom stereocenters. The highest BCUT2D eigenvalue weighted by atomic mass is 35.5. The molecule has 0 radical (unpaired) electrons. The van der Waals surface area contributed by atoms with Crippen LogP contribution in [0.15, 0.2) is 42.0 Å². The SMILES string of the molecule is C[N+](C)(Cc1ccc(NC(=O)C2=Cc3cc(Cl)cc(Cl)c3OC2)cc1)C1CC2CCC1C2. The number of amides is 1. The van der Waals surface area contributed by atoms with Crippen LogP contribution in [0.5, 0.6) is 5.75 Å². The average Bonchev–Trinajstić information content (AvgIpc) is 3.38. The third-order valence-electron chi connectivity index (χ3n) is 7.43. The van der Waals surface area contributed by atoms with E-state index in [1.54, 1.807) is 18.2 Å². The molecular formula is C26H29Cl2N2O2+. The van der Waals surface area contributed by atoms with Crippen molar-refractivity contribution in [2.45, 2.75) is 38.3 Å². The number of benzene rings is 2. The second kappa shape index (κ2) is 8.40. The molecule has 1 amide bonds. The quantitative estimate of drug-likeness (QED) is 0.529. The summed E-state index contributed by atoms with van der Waals surface area (Å²) in [4.78, 5) is 12.8. The molecule has 0 aromatic heterocycles. The van der Waals surface area contributed by atoms with E-state index in [1.807, 2.05) is 12.1 Å². The van der Waals surface area contributed by atoms with Crippen LogP contribution in [0.1, 0.15) is 36.8 Å². The van der Waals surface area contributed by atoms with E-state index in [9.17, 15) is 4.79 Å². The standard InChI is InChI=1S/C26H28Cl2N2O2/c1-30(2,24-10-17-3-6-18(24)9-17)14-16-4-7-22(8-5-16)29-26(31)20-11-19-12-21(27)13-23(28)25(19)32-15-20/h4-5,7-8,11-13,17-18,24H,3,6,9-10,14-15H2,1-2H3/p+1. The highest BCUT2D eigenvalue weighted by Crippen LogP contribution is 2.48. The van der Waals surface area contributed by atoms with Gasteiger partial charge in [0, 0.05) is 34.2 Å². The summed E-state index contributed by atoms with van der Waals surface area (Å²) in [7, 11) is 4.74. The van der Waals surface area contributed by atoms with E-state index in [2.05, 4.69) is 31.5 Å². The lowest BCUT2D eigenvalue weighted by molar-refractivity contribution is -0.931. The van der Waals surface area contributed by atoms with Crippen LogP contribution in [0, 0.1) is 11.8 Å². The Labute approximate surface area is 199 Å². The number of nitrogens with zero attached hydrogens (tertiary/aromatic N) is 1. The Morgan fingerprint density at radius 2 is 1.91 bits per heavy atom. The highest BCUT2D eigenvalue weighted by Gasteiger charge is 2.47. The number of hydrogen-bond donors (Lipinski definition) is 1. The lowest BCUT2D eigenvalue weighted by Crippen LogP contribution is -2.50. The highest BCUT2D eigenvalue weighted by molar-refractivity contribution is 6.36. The van der Waals surface area contributed by atoms with Gasteiger partial charge < -0.3 is 14.5 Å². The van der Waals surface area contributed by atoms with Crippen molar-refractivity contribution in [3.05, 3.63) is 63.1 Å². The van der Waals surface area contributed by atoms with Gasteiger partial charge in [0.2, 0.25) is 0 Å². The first-order valence-corrected chi connectivity index (χ1v) is 12.1. The summed E-state index contributed by atoms with van der Waals surface area (Å²) < 4.78 is 6.75. The molecule has 1 N–H and O–H groups in total. The van der Waals surface area contributed by atoms with Gasteiger partial charge in [-0.05, 0) is 55.5 Å². The fourth-order valence-corrected chi connectivity index (χ4v) is 6.47. The fraction of sp³-hybridized carbons (Fsp3) is 0.423. The summed E-state index contributed by atoms with van der Waals surface area (Å²) in [5.41, 5.74) is 3.33. The average molecular weight is 472 g/mol. The summed E-state index contributed by atoms with van der Waals surface area (Å²) in [5.74, 6) is 2.23. The minimum absolute atomic E-state index is 0.174. The second-order valence-corrected chi connectivity index (χ2v) is 10.9. The van der Waals surface area contributed by atoms with Crippen LogP contribution in [0.2, 0.25) is 10.0 Å². The molecule has 2 bridgehead atoms. The van der Waals surface area contributed by atoms with E-state index in [0.717, 1.165) is 40.2 Å². The third kappa shape index (κ3) is 4.28. The summed E-state index contributed by atoms with van der Waals surface area (Å²) >= 11 is 12.3. The lowest BCUT2D eigenvalue weighted by Gasteiger charge is -2.40. The first-order chi connectivity index (χ1) is 15.3. The van der Waals surface area contributed by atoms with Gasteiger partial charge in [-0.15, -0.1) is 0 Å². The zero-order chi connectivity index (χ0) is 22.5. The third-order valence-corrected chi connectivity index (χ3v) is 7.93. The van der Waals surface area contributed by atoms with Crippen LogP contribution in [-0.4, -0.2) is 37.1 Å². The molecule has 2 aromatic rings. The van der Waals surface area contributed by atoms with Crippen molar-refractivity contribution in [1.82, 2.24) is 0 Å². The maximum atomic E-state index is 12.8. The molecule has 3 aliphatic rings. The number of hydrogen-bond acceptors (Lipinski definition) is 2. The number of carbonyl (C=O) groups excluding carboxylic acids is 1. The fourth-order valence-electron chi connectivity index (χ4n) is 5.91. The molecule has 0 spiro atoms. The Bertz CT molecular complexity index is 1080. The molecule has 6 heteroatoms. The number of anilines is 1. The largest absolute Gasteiger partial charge is 0.486 e. The zero-order valence-electron chi connectivity index (χ0n) is 18.5. The van der Waals surface area contributed by atoms with Gasteiger partial charge in [0.15, 0.2) is 0 Å². The van der Waals surface area contributed by atoms with Gasteiger partial charge in [-0.2, -0.15) is 0 Å². The summed E-state index contributed by atoms with van der Waals surface area (Å²) in [5, 5.41) is 3.94. The second-order valence-electron chi connectivity index (χ2n) is 10.1. The maximum Gasteiger partial charge on any atom is 0.255 e. The van der Waals surface area contributed by atoms with Crippen molar-refractivity contribution in [2.24, 2.45) is 11.8 Å². The predicted octanol–water partition coefficient (Wildman–Crippen LogP) is 6.17. The van der Waals surface area contributed by atoms with E-state index < -0.39 is 0 Å². The minimum atomic E-state index is -0.183. The van der Waals surface area contributed by atoms with Crippen LogP contribution in [0.3, 0.4) is 0 Å². The number of halogens is 2. The van der Waals surface area contributed by atoms with Crippen molar-refractivity contribution in [2.75, 3.05) is 26.0 Å². The van der Waals surface area contributed by atoms with E-state index >= 15 is 0 Å². The van der Waals surface area contributed by atoms with E-state index in [-0.39, 0.29) is 12.5 Å². The zero-order valence-corrected chi connectivity index (χ0v) is 20.0.